The van der Waals surface area contributed by atoms with Gasteiger partial charge < -0.3 is 10.1 Å². The van der Waals surface area contributed by atoms with Crippen LogP contribution < -0.4 is 5.32 Å². The Labute approximate surface area is 178 Å². The second-order valence-electron chi connectivity index (χ2n) is 6.62. The van der Waals surface area contributed by atoms with Gasteiger partial charge >= 0.3 is 5.97 Å². The van der Waals surface area contributed by atoms with Crippen molar-refractivity contribution < 1.29 is 22.7 Å². The quantitative estimate of drug-likeness (QED) is 0.639. The number of carbonyl (C=O) groups excluding carboxylic acids is 2. The third-order valence-corrected chi connectivity index (χ3v) is 6.91. The second kappa shape index (κ2) is 9.51. The van der Waals surface area contributed by atoms with Crippen LogP contribution in [0.2, 0.25) is 0 Å². The van der Waals surface area contributed by atoms with Gasteiger partial charge in [0.1, 0.15) is 0 Å². The molecule has 2 aromatic carbocycles. The summed E-state index contributed by atoms with van der Waals surface area (Å²) >= 11 is 3.30. The summed E-state index contributed by atoms with van der Waals surface area (Å²) in [5.74, 6) is -1.25. The Balaban J connectivity index is 1.61. The Kier molecular flexibility index (Phi) is 7.05. The number of benzene rings is 2. The van der Waals surface area contributed by atoms with E-state index in [9.17, 15) is 18.0 Å². The third-order valence-electron chi connectivity index (χ3n) is 4.48. The third kappa shape index (κ3) is 5.65. The van der Waals surface area contributed by atoms with Gasteiger partial charge in [0, 0.05) is 23.2 Å². The minimum atomic E-state index is -3.65. The minimum absolute atomic E-state index is 0.0492. The molecule has 1 N–H and O–H groups in total. The van der Waals surface area contributed by atoms with E-state index in [1.807, 2.05) is 0 Å². The maximum atomic E-state index is 12.8. The first kappa shape index (κ1) is 21.5. The molecule has 9 heteroatoms. The highest BCUT2D eigenvalue weighted by Crippen LogP contribution is 2.21. The molecular formula is C20H21BrN2O5S. The molecule has 1 fully saturated rings. The van der Waals surface area contributed by atoms with E-state index >= 15 is 0 Å². The number of anilines is 1. The first-order valence-electron chi connectivity index (χ1n) is 9.19. The molecule has 1 aliphatic heterocycles. The van der Waals surface area contributed by atoms with E-state index in [0.717, 1.165) is 23.7 Å². The van der Waals surface area contributed by atoms with Crippen molar-refractivity contribution in [3.05, 3.63) is 58.6 Å². The number of halogens is 1. The van der Waals surface area contributed by atoms with Gasteiger partial charge in [-0.1, -0.05) is 28.4 Å². The van der Waals surface area contributed by atoms with Crippen LogP contribution >= 0.6 is 15.9 Å². The number of hydrogen-bond acceptors (Lipinski definition) is 5. The highest BCUT2D eigenvalue weighted by Gasteiger charge is 2.26. The molecule has 1 amide bonds. The summed E-state index contributed by atoms with van der Waals surface area (Å²) < 4.78 is 32.9. The number of sulfonamides is 1. The Bertz CT molecular complexity index is 986. The van der Waals surface area contributed by atoms with Gasteiger partial charge in [-0.25, -0.2) is 13.2 Å². The van der Waals surface area contributed by atoms with Crippen molar-refractivity contribution in [1.82, 2.24) is 4.31 Å². The van der Waals surface area contributed by atoms with Gasteiger partial charge in [0.05, 0.1) is 10.5 Å². The van der Waals surface area contributed by atoms with Crippen LogP contribution in [0.5, 0.6) is 0 Å². The number of carbonyl (C=O) groups is 2. The molecule has 1 heterocycles. The fraction of sp³-hybridized carbons (Fsp3) is 0.300. The van der Waals surface area contributed by atoms with Crippen LogP contribution in [-0.2, 0) is 19.6 Å². The summed E-state index contributed by atoms with van der Waals surface area (Å²) in [6.07, 6.45) is 2.67. The molecule has 1 aliphatic rings. The van der Waals surface area contributed by atoms with Gasteiger partial charge in [0.15, 0.2) is 6.61 Å². The average molecular weight is 481 g/mol. The summed E-state index contributed by atoms with van der Waals surface area (Å²) in [5.41, 5.74) is 0.656. The molecule has 29 heavy (non-hydrogen) atoms. The zero-order valence-corrected chi connectivity index (χ0v) is 18.0. The topological polar surface area (TPSA) is 92.8 Å². The monoisotopic (exact) mass is 480 g/mol. The molecule has 0 aromatic heterocycles. The molecule has 0 aliphatic carbocycles. The summed E-state index contributed by atoms with van der Waals surface area (Å²) in [4.78, 5) is 24.3. The fourth-order valence-electron chi connectivity index (χ4n) is 2.98. The molecular weight excluding hydrogens is 460 g/mol. The molecule has 0 atom stereocenters. The largest absolute Gasteiger partial charge is 0.452 e. The molecule has 154 valence electrons. The first-order chi connectivity index (χ1) is 13.9. The number of esters is 1. The molecule has 0 spiro atoms. The van der Waals surface area contributed by atoms with E-state index < -0.39 is 28.5 Å². The zero-order valence-electron chi connectivity index (χ0n) is 15.6. The number of ether oxygens (including phenoxy) is 1. The molecule has 1 saturated heterocycles. The van der Waals surface area contributed by atoms with Gasteiger partial charge in [0.2, 0.25) is 10.0 Å². The maximum Gasteiger partial charge on any atom is 0.338 e. The smallest absolute Gasteiger partial charge is 0.338 e. The van der Waals surface area contributed by atoms with Crippen molar-refractivity contribution in [2.75, 3.05) is 25.0 Å². The number of amides is 1. The minimum Gasteiger partial charge on any atom is -0.452 e. The molecule has 7 nitrogen and oxygen atoms in total. The summed E-state index contributed by atoms with van der Waals surface area (Å²) in [6, 6.07) is 12.7. The molecule has 0 bridgehead atoms. The number of piperidine rings is 1. The predicted octanol–water partition coefficient (Wildman–Crippen LogP) is 3.42. The van der Waals surface area contributed by atoms with Gasteiger partial charge in [-0.05, 0) is 55.3 Å². The van der Waals surface area contributed by atoms with Crippen molar-refractivity contribution in [3.8, 4) is 0 Å². The SMILES string of the molecule is O=C(COC(=O)c1cccc(S(=O)(=O)N2CCCCC2)c1)Nc1ccc(Br)cc1. The van der Waals surface area contributed by atoms with Crippen molar-refractivity contribution in [2.24, 2.45) is 0 Å². The standard InChI is InChI=1S/C20H21BrN2O5S/c21-16-7-9-17(10-8-16)22-19(24)14-28-20(25)15-5-4-6-18(13-15)29(26,27)23-11-2-1-3-12-23/h4-10,13H,1-3,11-12,14H2,(H,22,24). The van der Waals surface area contributed by atoms with Crippen LogP contribution in [0.15, 0.2) is 57.9 Å². The Morgan fingerprint density at radius 2 is 1.72 bits per heavy atom. The number of nitrogens with one attached hydrogen (secondary N) is 1. The lowest BCUT2D eigenvalue weighted by molar-refractivity contribution is -0.119. The normalized spacial score (nSPS) is 14.9. The van der Waals surface area contributed by atoms with E-state index in [1.54, 1.807) is 24.3 Å². The average Bonchev–Trinajstić information content (AvgIpc) is 2.74. The van der Waals surface area contributed by atoms with E-state index in [4.69, 9.17) is 4.74 Å². The molecule has 0 radical (unpaired) electrons. The van der Waals surface area contributed by atoms with Crippen LogP contribution in [0.3, 0.4) is 0 Å². The summed E-state index contributed by atoms with van der Waals surface area (Å²) in [6.45, 7) is 0.485. The fourth-order valence-corrected chi connectivity index (χ4v) is 4.81. The lowest BCUT2D eigenvalue weighted by Gasteiger charge is -2.25. The molecule has 3 rings (SSSR count). The lowest BCUT2D eigenvalue weighted by atomic mass is 10.2. The Morgan fingerprint density at radius 3 is 2.41 bits per heavy atom. The van der Waals surface area contributed by atoms with Gasteiger partial charge in [-0.2, -0.15) is 4.31 Å². The highest BCUT2D eigenvalue weighted by atomic mass is 79.9. The second-order valence-corrected chi connectivity index (χ2v) is 9.48. The van der Waals surface area contributed by atoms with Gasteiger partial charge in [-0.15, -0.1) is 0 Å². The van der Waals surface area contributed by atoms with Gasteiger partial charge in [-0.3, -0.25) is 4.79 Å². The van der Waals surface area contributed by atoms with E-state index in [1.165, 1.54) is 28.6 Å². The lowest BCUT2D eigenvalue weighted by Crippen LogP contribution is -2.35. The predicted molar refractivity (Wildman–Crippen MR) is 112 cm³/mol. The van der Waals surface area contributed by atoms with E-state index in [-0.39, 0.29) is 10.5 Å². The van der Waals surface area contributed by atoms with Crippen molar-refractivity contribution >= 4 is 43.5 Å². The molecule has 0 unspecified atom stereocenters. The van der Waals surface area contributed by atoms with Crippen LogP contribution in [0, 0.1) is 0 Å². The summed E-state index contributed by atoms with van der Waals surface area (Å²) in [5, 5.41) is 2.62. The summed E-state index contributed by atoms with van der Waals surface area (Å²) in [7, 11) is -3.65. The molecule has 2 aromatic rings. The first-order valence-corrected chi connectivity index (χ1v) is 11.4. The van der Waals surface area contributed by atoms with Crippen molar-refractivity contribution in [3.63, 3.8) is 0 Å². The van der Waals surface area contributed by atoms with E-state index in [0.29, 0.717) is 18.8 Å². The van der Waals surface area contributed by atoms with Crippen LogP contribution in [-0.4, -0.2) is 44.3 Å². The number of nitrogens with zero attached hydrogens (tertiary/aromatic N) is 1. The van der Waals surface area contributed by atoms with Crippen LogP contribution in [0.25, 0.3) is 0 Å². The van der Waals surface area contributed by atoms with Crippen LogP contribution in [0.1, 0.15) is 29.6 Å². The van der Waals surface area contributed by atoms with Crippen molar-refractivity contribution in [2.45, 2.75) is 24.2 Å². The number of hydrogen-bond donors (Lipinski definition) is 1. The Morgan fingerprint density at radius 1 is 1.03 bits per heavy atom. The number of rotatable bonds is 6. The van der Waals surface area contributed by atoms with E-state index in [2.05, 4.69) is 21.2 Å². The van der Waals surface area contributed by atoms with Crippen molar-refractivity contribution in [1.29, 1.82) is 0 Å². The molecule has 0 saturated carbocycles. The maximum absolute atomic E-state index is 12.8. The van der Waals surface area contributed by atoms with Gasteiger partial charge in [0.25, 0.3) is 5.91 Å². The Hall–Kier alpha value is -2.23. The highest BCUT2D eigenvalue weighted by molar-refractivity contribution is 9.10. The van der Waals surface area contributed by atoms with Crippen LogP contribution in [0.4, 0.5) is 5.69 Å². The zero-order chi connectivity index (χ0) is 20.9.